The van der Waals surface area contributed by atoms with Crippen LogP contribution in [0.15, 0.2) is 42.6 Å². The molecule has 0 unspecified atom stereocenters. The molecule has 1 fully saturated rings. The minimum atomic E-state index is -0.235. The second kappa shape index (κ2) is 7.83. The van der Waals surface area contributed by atoms with E-state index in [1.807, 2.05) is 11.9 Å². The average Bonchev–Trinajstić information content (AvgIpc) is 3.56. The van der Waals surface area contributed by atoms with Crippen LogP contribution in [0.25, 0.3) is 0 Å². The normalized spacial score (nSPS) is 18.6. The second-order valence-electron chi connectivity index (χ2n) is 9.52. The molecule has 0 saturated heterocycles. The molecule has 1 aliphatic carbocycles. The Morgan fingerprint density at radius 3 is 2.59 bits per heavy atom. The fourth-order valence-corrected chi connectivity index (χ4v) is 5.86. The number of benzene rings is 2. The number of para-hydroxylation sites is 1. The molecule has 174 valence electrons. The van der Waals surface area contributed by atoms with Crippen LogP contribution in [0, 0.1) is 0 Å². The fraction of sp³-hybridized carbons (Fsp3) is 0.320. The Kier molecular flexibility index (Phi) is 4.99. The van der Waals surface area contributed by atoms with Gasteiger partial charge >= 0.3 is 0 Å². The molecule has 9 heteroatoms. The van der Waals surface area contributed by atoms with Gasteiger partial charge in [0.05, 0.1) is 22.4 Å². The van der Waals surface area contributed by atoms with Gasteiger partial charge in [-0.1, -0.05) is 35.3 Å². The Morgan fingerprint density at radius 2 is 1.85 bits per heavy atom. The van der Waals surface area contributed by atoms with Crippen molar-refractivity contribution in [3.8, 4) is 0 Å². The minimum absolute atomic E-state index is 0.235. The molecular formula is C25H24Cl2N6O. The summed E-state index contributed by atoms with van der Waals surface area (Å²) in [4.78, 5) is 28.2. The highest BCUT2D eigenvalue weighted by atomic mass is 35.5. The molecule has 1 spiro atoms. The van der Waals surface area contributed by atoms with Crippen LogP contribution in [0.3, 0.4) is 0 Å². The summed E-state index contributed by atoms with van der Waals surface area (Å²) in [5.41, 5.74) is 5.02. The molecule has 0 atom stereocenters. The van der Waals surface area contributed by atoms with E-state index in [4.69, 9.17) is 23.2 Å². The molecule has 1 saturated carbocycles. The van der Waals surface area contributed by atoms with Crippen molar-refractivity contribution in [2.75, 3.05) is 42.4 Å². The lowest BCUT2D eigenvalue weighted by molar-refractivity contribution is 0.0982. The largest absolute Gasteiger partial charge is 0.341 e. The molecule has 7 nitrogen and oxygen atoms in total. The van der Waals surface area contributed by atoms with E-state index in [1.54, 1.807) is 29.3 Å². The molecule has 3 aromatic rings. The van der Waals surface area contributed by atoms with Crippen LogP contribution in [0.1, 0.15) is 34.3 Å². The molecule has 1 amide bonds. The van der Waals surface area contributed by atoms with E-state index in [1.165, 1.54) is 24.0 Å². The average molecular weight is 495 g/mol. The molecule has 3 heterocycles. The summed E-state index contributed by atoms with van der Waals surface area (Å²) in [6.07, 6.45) is 4.09. The third-order valence-electron chi connectivity index (χ3n) is 6.97. The lowest BCUT2D eigenvalue weighted by Crippen LogP contribution is -2.46. The van der Waals surface area contributed by atoms with E-state index < -0.39 is 0 Å². The topological polar surface area (TPSA) is 64.6 Å². The summed E-state index contributed by atoms with van der Waals surface area (Å²) in [5.74, 6) is 0.783. The van der Waals surface area contributed by atoms with Crippen molar-refractivity contribution in [1.29, 1.82) is 0 Å². The first-order valence-electron chi connectivity index (χ1n) is 11.3. The van der Waals surface area contributed by atoms with Crippen LogP contribution in [0.4, 0.5) is 23.1 Å². The van der Waals surface area contributed by atoms with Gasteiger partial charge in [-0.05, 0) is 55.3 Å². The molecular weight excluding hydrogens is 471 g/mol. The van der Waals surface area contributed by atoms with E-state index in [0.717, 1.165) is 18.8 Å². The number of likely N-dealkylation sites (N-methyl/N-ethyl adjacent to an activating group) is 1. The molecule has 1 aromatic heterocycles. The standard InChI is InChI=1S/C25H24Cl2N6O/c1-31-12-15-10-16(6-7-18(15)25(13-31)8-9-25)29-24-28-11-17-22(30-24)32(2)14-33(23(17)34)21-19(26)4-3-5-20(21)27/h3-7,10-11H,8-9,12-14H2,1-2H3,(H,28,29,30). The number of rotatable bonds is 3. The van der Waals surface area contributed by atoms with E-state index in [-0.39, 0.29) is 12.6 Å². The summed E-state index contributed by atoms with van der Waals surface area (Å²) < 4.78 is 0. The smallest absolute Gasteiger partial charge is 0.265 e. The van der Waals surface area contributed by atoms with Gasteiger partial charge < -0.3 is 15.1 Å². The van der Waals surface area contributed by atoms with Gasteiger partial charge in [-0.25, -0.2) is 4.98 Å². The quantitative estimate of drug-likeness (QED) is 0.548. The van der Waals surface area contributed by atoms with Crippen LogP contribution >= 0.6 is 23.2 Å². The number of carbonyl (C=O) groups is 1. The Hall–Kier alpha value is -2.87. The lowest BCUT2D eigenvalue weighted by Gasteiger charge is -2.35. The zero-order valence-electron chi connectivity index (χ0n) is 19.0. The van der Waals surface area contributed by atoms with Crippen LogP contribution in [0.2, 0.25) is 10.0 Å². The predicted octanol–water partition coefficient (Wildman–Crippen LogP) is 5.06. The highest BCUT2D eigenvalue weighted by Gasteiger charge is 2.48. The van der Waals surface area contributed by atoms with E-state index in [2.05, 4.69) is 45.4 Å². The Balaban J connectivity index is 1.28. The van der Waals surface area contributed by atoms with Crippen LogP contribution < -0.4 is 15.1 Å². The summed E-state index contributed by atoms with van der Waals surface area (Å²) in [6.45, 7) is 2.35. The number of halogens is 2. The molecule has 2 aliphatic heterocycles. The second-order valence-corrected chi connectivity index (χ2v) is 10.3. The number of aromatic nitrogens is 2. The van der Waals surface area contributed by atoms with Gasteiger partial charge in [0.1, 0.15) is 11.4 Å². The molecule has 0 bridgehead atoms. The van der Waals surface area contributed by atoms with Gasteiger partial charge in [-0.3, -0.25) is 9.69 Å². The van der Waals surface area contributed by atoms with Crippen molar-refractivity contribution >= 4 is 52.3 Å². The highest BCUT2D eigenvalue weighted by molar-refractivity contribution is 6.40. The first kappa shape index (κ1) is 21.6. The van der Waals surface area contributed by atoms with Gasteiger partial charge in [0.25, 0.3) is 5.91 Å². The summed E-state index contributed by atoms with van der Waals surface area (Å²) >= 11 is 12.7. The third-order valence-corrected chi connectivity index (χ3v) is 7.58. The van der Waals surface area contributed by atoms with Gasteiger partial charge in [0.2, 0.25) is 5.95 Å². The molecule has 0 radical (unpaired) electrons. The first-order chi connectivity index (χ1) is 16.3. The van der Waals surface area contributed by atoms with Crippen LogP contribution in [-0.4, -0.2) is 48.1 Å². The van der Waals surface area contributed by atoms with E-state index in [0.29, 0.717) is 38.5 Å². The van der Waals surface area contributed by atoms with Gasteiger partial charge in [0.15, 0.2) is 0 Å². The summed E-state index contributed by atoms with van der Waals surface area (Å²) in [6, 6.07) is 11.7. The van der Waals surface area contributed by atoms with Gasteiger partial charge in [0, 0.05) is 37.4 Å². The highest BCUT2D eigenvalue weighted by Crippen LogP contribution is 2.52. The number of amides is 1. The third kappa shape index (κ3) is 3.50. The molecule has 3 aliphatic rings. The first-order valence-corrected chi connectivity index (χ1v) is 12.0. The zero-order valence-corrected chi connectivity index (χ0v) is 20.5. The monoisotopic (exact) mass is 494 g/mol. The maximum absolute atomic E-state index is 13.3. The Bertz CT molecular complexity index is 1300. The maximum atomic E-state index is 13.3. The fourth-order valence-electron chi connectivity index (χ4n) is 5.26. The Labute approximate surface area is 208 Å². The number of anilines is 4. The lowest BCUT2D eigenvalue weighted by atomic mass is 9.87. The van der Waals surface area contributed by atoms with E-state index in [9.17, 15) is 4.79 Å². The maximum Gasteiger partial charge on any atom is 0.265 e. The SMILES string of the molecule is CN1Cc2cc(Nc3ncc4c(n3)N(C)CN(c3c(Cl)cccc3Cl)C4=O)ccc2C2(CC2)C1. The number of hydrogen-bond donors (Lipinski definition) is 1. The molecule has 34 heavy (non-hydrogen) atoms. The zero-order chi connectivity index (χ0) is 23.6. The van der Waals surface area contributed by atoms with Crippen LogP contribution in [0.5, 0.6) is 0 Å². The van der Waals surface area contributed by atoms with Crippen molar-refractivity contribution < 1.29 is 4.79 Å². The van der Waals surface area contributed by atoms with Crippen molar-refractivity contribution in [3.63, 3.8) is 0 Å². The van der Waals surface area contributed by atoms with E-state index >= 15 is 0 Å². The van der Waals surface area contributed by atoms with Crippen molar-refractivity contribution in [1.82, 2.24) is 14.9 Å². The van der Waals surface area contributed by atoms with Crippen molar-refractivity contribution in [2.45, 2.75) is 24.8 Å². The van der Waals surface area contributed by atoms with Crippen molar-refractivity contribution in [3.05, 3.63) is 69.3 Å². The Morgan fingerprint density at radius 1 is 1.09 bits per heavy atom. The molecule has 1 N–H and O–H groups in total. The predicted molar refractivity (Wildman–Crippen MR) is 136 cm³/mol. The number of fused-ring (bicyclic) bond motifs is 3. The molecule has 2 aromatic carbocycles. The number of nitrogens with zero attached hydrogens (tertiary/aromatic N) is 5. The summed E-state index contributed by atoms with van der Waals surface area (Å²) in [5, 5.41) is 4.17. The van der Waals surface area contributed by atoms with Gasteiger partial charge in [-0.2, -0.15) is 4.98 Å². The number of nitrogens with one attached hydrogen (secondary N) is 1. The summed E-state index contributed by atoms with van der Waals surface area (Å²) in [7, 11) is 4.06. The molecule has 6 rings (SSSR count). The minimum Gasteiger partial charge on any atom is -0.341 e. The number of carbonyl (C=O) groups excluding carboxylic acids is 1. The number of hydrogen-bond acceptors (Lipinski definition) is 6. The van der Waals surface area contributed by atoms with Gasteiger partial charge in [-0.15, -0.1) is 0 Å². The van der Waals surface area contributed by atoms with Crippen molar-refractivity contribution in [2.24, 2.45) is 0 Å². The van der Waals surface area contributed by atoms with Crippen LogP contribution in [-0.2, 0) is 12.0 Å².